The van der Waals surface area contributed by atoms with E-state index >= 15 is 0 Å². The molecular weight excluding hydrogens is 356 g/mol. The summed E-state index contributed by atoms with van der Waals surface area (Å²) in [6.07, 6.45) is 0. The first-order valence-electron chi connectivity index (χ1n) is 9.04. The summed E-state index contributed by atoms with van der Waals surface area (Å²) in [6, 6.07) is 22.2. The minimum atomic E-state index is 0.569. The zero-order valence-electron chi connectivity index (χ0n) is 15.4. The van der Waals surface area contributed by atoms with Gasteiger partial charge >= 0.3 is 0 Å². The first-order valence-corrected chi connectivity index (χ1v) is 9.41. The molecule has 0 aliphatic rings. The summed E-state index contributed by atoms with van der Waals surface area (Å²) in [6.45, 7) is 5.43. The van der Waals surface area contributed by atoms with E-state index in [9.17, 15) is 0 Å². The number of benzene rings is 3. The van der Waals surface area contributed by atoms with Crippen molar-refractivity contribution in [3.63, 3.8) is 0 Å². The van der Waals surface area contributed by atoms with Crippen LogP contribution < -0.4 is 4.74 Å². The van der Waals surface area contributed by atoms with E-state index in [-0.39, 0.29) is 0 Å². The molecule has 0 atom stereocenters. The third-order valence-corrected chi connectivity index (χ3v) is 4.94. The van der Waals surface area contributed by atoms with Crippen LogP contribution in [-0.2, 0) is 6.54 Å². The maximum absolute atomic E-state index is 6.20. The third kappa shape index (κ3) is 3.56. The van der Waals surface area contributed by atoms with E-state index in [1.54, 1.807) is 0 Å². The first kappa shape index (κ1) is 17.6. The molecule has 1 aromatic heterocycles. The Morgan fingerprint density at radius 1 is 0.926 bits per heavy atom. The summed E-state index contributed by atoms with van der Waals surface area (Å²) in [5, 5.41) is 0.706. The molecule has 0 amide bonds. The van der Waals surface area contributed by atoms with Crippen LogP contribution in [0.3, 0.4) is 0 Å². The molecule has 4 rings (SSSR count). The molecular formula is C23H21ClN2O. The lowest BCUT2D eigenvalue weighted by Crippen LogP contribution is -2.10. The molecule has 0 bridgehead atoms. The van der Waals surface area contributed by atoms with Crippen LogP contribution in [0, 0.1) is 13.8 Å². The van der Waals surface area contributed by atoms with Gasteiger partial charge in [-0.1, -0.05) is 54.1 Å². The number of hydrogen-bond acceptors (Lipinski definition) is 2. The van der Waals surface area contributed by atoms with Gasteiger partial charge in [0.05, 0.1) is 17.6 Å². The van der Waals surface area contributed by atoms with E-state index in [0.717, 1.165) is 39.3 Å². The fourth-order valence-electron chi connectivity index (χ4n) is 3.42. The zero-order chi connectivity index (χ0) is 18.8. The average Bonchev–Trinajstić information content (AvgIpc) is 3.03. The molecule has 0 aliphatic heterocycles. The van der Waals surface area contributed by atoms with Crippen LogP contribution in [0.1, 0.15) is 11.1 Å². The molecule has 0 N–H and O–H groups in total. The van der Waals surface area contributed by atoms with Gasteiger partial charge in [0.25, 0.3) is 0 Å². The van der Waals surface area contributed by atoms with Gasteiger partial charge in [0.1, 0.15) is 18.2 Å². The molecule has 0 spiro atoms. The predicted molar refractivity (Wildman–Crippen MR) is 112 cm³/mol. The normalized spacial score (nSPS) is 11.1. The minimum absolute atomic E-state index is 0.569. The van der Waals surface area contributed by atoms with Crippen LogP contribution in [0.5, 0.6) is 5.75 Å². The van der Waals surface area contributed by atoms with Crippen molar-refractivity contribution in [1.82, 2.24) is 9.55 Å². The molecule has 0 fully saturated rings. The van der Waals surface area contributed by atoms with Gasteiger partial charge in [-0.25, -0.2) is 4.98 Å². The second-order valence-electron chi connectivity index (χ2n) is 6.66. The van der Waals surface area contributed by atoms with E-state index in [2.05, 4.69) is 42.7 Å². The highest BCUT2D eigenvalue weighted by Gasteiger charge is 2.13. The molecule has 4 aromatic rings. The zero-order valence-corrected chi connectivity index (χ0v) is 16.2. The Hall–Kier alpha value is -2.78. The highest BCUT2D eigenvalue weighted by atomic mass is 35.5. The molecule has 4 heteroatoms. The predicted octanol–water partition coefficient (Wildman–Crippen LogP) is 6.05. The number of ether oxygens (including phenoxy) is 1. The Morgan fingerprint density at radius 2 is 1.67 bits per heavy atom. The lowest BCUT2D eigenvalue weighted by Gasteiger charge is -2.14. The molecule has 0 unspecified atom stereocenters. The topological polar surface area (TPSA) is 27.1 Å². The van der Waals surface area contributed by atoms with Crippen LogP contribution in [-0.4, -0.2) is 16.2 Å². The fraction of sp³-hybridized carbons (Fsp3) is 0.174. The second kappa shape index (κ2) is 7.45. The van der Waals surface area contributed by atoms with Crippen LogP contribution in [0.4, 0.5) is 0 Å². The number of aromatic nitrogens is 2. The molecule has 0 aliphatic carbocycles. The van der Waals surface area contributed by atoms with Gasteiger partial charge in [0.2, 0.25) is 0 Å². The van der Waals surface area contributed by atoms with Gasteiger partial charge in [-0.2, -0.15) is 0 Å². The van der Waals surface area contributed by atoms with Crippen molar-refractivity contribution in [1.29, 1.82) is 0 Å². The number of imidazole rings is 1. The van der Waals surface area contributed by atoms with Crippen molar-refractivity contribution >= 4 is 22.6 Å². The number of hydrogen-bond donors (Lipinski definition) is 0. The largest absolute Gasteiger partial charge is 0.491 e. The van der Waals surface area contributed by atoms with E-state index in [4.69, 9.17) is 21.3 Å². The summed E-state index contributed by atoms with van der Waals surface area (Å²) < 4.78 is 8.33. The lowest BCUT2D eigenvalue weighted by atomic mass is 10.1. The Bertz CT molecular complexity index is 1080. The Labute approximate surface area is 164 Å². The number of nitrogens with zero attached hydrogens (tertiary/aromatic N) is 2. The van der Waals surface area contributed by atoms with Crippen LogP contribution in [0.15, 0.2) is 66.7 Å². The van der Waals surface area contributed by atoms with Crippen molar-refractivity contribution in [2.75, 3.05) is 6.61 Å². The molecule has 0 radical (unpaired) electrons. The quantitative estimate of drug-likeness (QED) is 0.423. The smallest absolute Gasteiger partial charge is 0.141 e. The van der Waals surface area contributed by atoms with Crippen LogP contribution in [0.25, 0.3) is 22.4 Å². The second-order valence-corrected chi connectivity index (χ2v) is 7.09. The van der Waals surface area contributed by atoms with Gasteiger partial charge in [-0.05, 0) is 49.2 Å². The molecule has 3 nitrogen and oxygen atoms in total. The maximum Gasteiger partial charge on any atom is 0.141 e. The number of fused-ring (bicyclic) bond motifs is 1. The minimum Gasteiger partial charge on any atom is -0.491 e. The van der Waals surface area contributed by atoms with Crippen molar-refractivity contribution in [2.45, 2.75) is 20.4 Å². The SMILES string of the molecule is Cc1cccc(C)c1OCCn1c(-c2cccc(Cl)c2)nc2ccccc21. The first-order chi connectivity index (χ1) is 13.1. The average molecular weight is 377 g/mol. The van der Waals surface area contributed by atoms with Crippen molar-refractivity contribution in [2.24, 2.45) is 0 Å². The Balaban J connectivity index is 1.67. The number of halogens is 1. The Morgan fingerprint density at radius 3 is 2.44 bits per heavy atom. The van der Waals surface area contributed by atoms with Gasteiger partial charge in [0.15, 0.2) is 0 Å². The highest BCUT2D eigenvalue weighted by Crippen LogP contribution is 2.27. The lowest BCUT2D eigenvalue weighted by molar-refractivity contribution is 0.297. The fourth-order valence-corrected chi connectivity index (χ4v) is 3.61. The van der Waals surface area contributed by atoms with E-state index < -0.39 is 0 Å². The van der Waals surface area contributed by atoms with Gasteiger partial charge < -0.3 is 9.30 Å². The molecule has 27 heavy (non-hydrogen) atoms. The number of aryl methyl sites for hydroxylation is 2. The molecule has 1 heterocycles. The van der Waals surface area contributed by atoms with E-state index in [0.29, 0.717) is 18.2 Å². The highest BCUT2D eigenvalue weighted by molar-refractivity contribution is 6.30. The van der Waals surface area contributed by atoms with Crippen LogP contribution >= 0.6 is 11.6 Å². The molecule has 0 saturated carbocycles. The number of rotatable bonds is 5. The van der Waals surface area contributed by atoms with Crippen LogP contribution in [0.2, 0.25) is 5.02 Å². The third-order valence-electron chi connectivity index (χ3n) is 4.71. The summed E-state index contributed by atoms with van der Waals surface area (Å²) >= 11 is 6.20. The molecule has 136 valence electrons. The van der Waals surface area contributed by atoms with Gasteiger partial charge in [0, 0.05) is 10.6 Å². The van der Waals surface area contributed by atoms with Crippen molar-refractivity contribution in [3.8, 4) is 17.1 Å². The Kier molecular flexibility index (Phi) is 4.87. The summed E-state index contributed by atoms with van der Waals surface area (Å²) in [5.74, 6) is 1.87. The monoisotopic (exact) mass is 376 g/mol. The van der Waals surface area contributed by atoms with Gasteiger partial charge in [-0.3, -0.25) is 0 Å². The molecule has 0 saturated heterocycles. The summed E-state index contributed by atoms with van der Waals surface area (Å²) in [4.78, 5) is 4.83. The van der Waals surface area contributed by atoms with E-state index in [1.807, 2.05) is 42.5 Å². The maximum atomic E-state index is 6.20. The van der Waals surface area contributed by atoms with Crippen molar-refractivity contribution in [3.05, 3.63) is 82.9 Å². The molecule has 3 aromatic carbocycles. The summed E-state index contributed by atoms with van der Waals surface area (Å²) in [5.41, 5.74) is 5.38. The van der Waals surface area contributed by atoms with Gasteiger partial charge in [-0.15, -0.1) is 0 Å². The van der Waals surface area contributed by atoms with E-state index in [1.165, 1.54) is 0 Å². The standard InChI is InChI=1S/C23H21ClN2O/c1-16-7-5-8-17(2)22(16)27-14-13-26-21-12-4-3-11-20(21)25-23(26)18-9-6-10-19(24)15-18/h3-12,15H,13-14H2,1-2H3. The summed E-state index contributed by atoms with van der Waals surface area (Å²) in [7, 11) is 0. The number of para-hydroxylation sites is 3. The van der Waals surface area contributed by atoms with Crippen molar-refractivity contribution < 1.29 is 4.74 Å².